The van der Waals surface area contributed by atoms with Crippen molar-refractivity contribution in [3.63, 3.8) is 0 Å². The Kier molecular flexibility index (Phi) is 4.98. The molecule has 1 heterocycles. The summed E-state index contributed by atoms with van der Waals surface area (Å²) in [6.45, 7) is 8.98. The fraction of sp³-hybridized carbons (Fsp3) is 0.238. The molecule has 0 aliphatic rings. The average Bonchev–Trinajstić information content (AvgIpc) is 2.57. The highest BCUT2D eigenvalue weighted by atomic mass is 15.1. The molecule has 0 fully saturated rings. The summed E-state index contributed by atoms with van der Waals surface area (Å²) in [7, 11) is 0. The highest BCUT2D eigenvalue weighted by molar-refractivity contribution is 5.62. The van der Waals surface area contributed by atoms with Crippen molar-refractivity contribution in [2.75, 3.05) is 10.6 Å². The Bertz CT molecular complexity index is 887. The third kappa shape index (κ3) is 4.35. The first-order valence-corrected chi connectivity index (χ1v) is 8.49. The molecule has 0 aliphatic carbocycles. The van der Waals surface area contributed by atoms with E-state index in [4.69, 9.17) is 0 Å². The molecule has 0 saturated heterocycles. The summed E-state index contributed by atoms with van der Waals surface area (Å²) in [5.41, 5.74) is 6.92. The number of hydrogen-bond donors (Lipinski definition) is 2. The van der Waals surface area contributed by atoms with Crippen molar-refractivity contribution in [1.82, 2.24) is 9.97 Å². The fourth-order valence-corrected chi connectivity index (χ4v) is 2.70. The minimum atomic E-state index is 0.635. The van der Waals surface area contributed by atoms with Crippen LogP contribution in [0, 0.1) is 27.7 Å². The number of rotatable bonds is 5. The lowest BCUT2D eigenvalue weighted by molar-refractivity contribution is 1.02. The number of nitrogens with one attached hydrogen (secondary N) is 2. The zero-order valence-corrected chi connectivity index (χ0v) is 15.2. The fourth-order valence-electron chi connectivity index (χ4n) is 2.70. The van der Waals surface area contributed by atoms with Gasteiger partial charge in [0.25, 0.3) is 0 Å². The normalized spacial score (nSPS) is 10.6. The number of aryl methyl sites for hydroxylation is 4. The second kappa shape index (κ2) is 7.34. The molecule has 0 aliphatic heterocycles. The highest BCUT2D eigenvalue weighted by Crippen LogP contribution is 2.22. The van der Waals surface area contributed by atoms with Crippen molar-refractivity contribution < 1.29 is 0 Å². The van der Waals surface area contributed by atoms with Crippen LogP contribution in [-0.2, 0) is 6.54 Å². The van der Waals surface area contributed by atoms with E-state index < -0.39 is 0 Å². The van der Waals surface area contributed by atoms with Crippen molar-refractivity contribution >= 4 is 17.5 Å². The zero-order chi connectivity index (χ0) is 17.8. The predicted molar refractivity (Wildman–Crippen MR) is 104 cm³/mol. The molecule has 0 amide bonds. The molecule has 4 nitrogen and oxygen atoms in total. The molecule has 0 radical (unpaired) electrons. The summed E-state index contributed by atoms with van der Waals surface area (Å²) >= 11 is 0. The third-order valence-corrected chi connectivity index (χ3v) is 4.21. The molecule has 25 heavy (non-hydrogen) atoms. The average molecular weight is 332 g/mol. The first-order valence-electron chi connectivity index (χ1n) is 8.49. The van der Waals surface area contributed by atoms with Crippen LogP contribution in [0.1, 0.15) is 27.9 Å². The van der Waals surface area contributed by atoms with Crippen LogP contribution in [0.4, 0.5) is 17.5 Å². The maximum Gasteiger partial charge on any atom is 0.225 e. The predicted octanol–water partition coefficient (Wildman–Crippen LogP) is 5.07. The van der Waals surface area contributed by atoms with Gasteiger partial charge in [-0.25, -0.2) is 4.98 Å². The summed E-state index contributed by atoms with van der Waals surface area (Å²) in [4.78, 5) is 9.11. The van der Waals surface area contributed by atoms with E-state index in [9.17, 15) is 0 Å². The summed E-state index contributed by atoms with van der Waals surface area (Å²) < 4.78 is 0. The van der Waals surface area contributed by atoms with Crippen LogP contribution in [0.15, 0.2) is 48.5 Å². The molecule has 128 valence electrons. The van der Waals surface area contributed by atoms with Crippen LogP contribution in [0.3, 0.4) is 0 Å². The van der Waals surface area contributed by atoms with Gasteiger partial charge in [0.15, 0.2) is 0 Å². The van der Waals surface area contributed by atoms with Gasteiger partial charge in [-0.05, 0) is 56.0 Å². The lowest BCUT2D eigenvalue weighted by Crippen LogP contribution is -2.07. The summed E-state index contributed by atoms with van der Waals surface area (Å²) in [5.74, 6) is 1.43. The van der Waals surface area contributed by atoms with Gasteiger partial charge in [-0.3, -0.25) is 0 Å². The van der Waals surface area contributed by atoms with Gasteiger partial charge < -0.3 is 10.6 Å². The molecule has 3 rings (SSSR count). The second-order valence-corrected chi connectivity index (χ2v) is 6.44. The molecular weight excluding hydrogens is 308 g/mol. The number of hydrogen-bond acceptors (Lipinski definition) is 4. The second-order valence-electron chi connectivity index (χ2n) is 6.44. The molecule has 0 atom stereocenters. The third-order valence-electron chi connectivity index (χ3n) is 4.21. The lowest BCUT2D eigenvalue weighted by Gasteiger charge is -2.13. The highest BCUT2D eigenvalue weighted by Gasteiger charge is 2.06. The lowest BCUT2D eigenvalue weighted by atomic mass is 10.1. The Morgan fingerprint density at radius 3 is 2.44 bits per heavy atom. The van der Waals surface area contributed by atoms with Crippen molar-refractivity contribution in [3.8, 4) is 0 Å². The Morgan fingerprint density at radius 1 is 0.840 bits per heavy atom. The van der Waals surface area contributed by atoms with Gasteiger partial charge in [-0.1, -0.05) is 36.4 Å². The van der Waals surface area contributed by atoms with E-state index in [1.54, 1.807) is 0 Å². The minimum Gasteiger partial charge on any atom is -0.350 e. The van der Waals surface area contributed by atoms with Crippen LogP contribution >= 0.6 is 0 Å². The largest absolute Gasteiger partial charge is 0.350 e. The Labute approximate surface area is 149 Å². The van der Waals surface area contributed by atoms with E-state index in [-0.39, 0.29) is 0 Å². The maximum absolute atomic E-state index is 4.61. The molecule has 0 saturated carbocycles. The monoisotopic (exact) mass is 332 g/mol. The molecule has 0 unspecified atom stereocenters. The first kappa shape index (κ1) is 17.0. The zero-order valence-electron chi connectivity index (χ0n) is 15.2. The molecule has 1 aromatic heterocycles. The van der Waals surface area contributed by atoms with Crippen LogP contribution < -0.4 is 10.6 Å². The van der Waals surface area contributed by atoms with Gasteiger partial charge in [0.2, 0.25) is 5.95 Å². The number of benzene rings is 2. The smallest absolute Gasteiger partial charge is 0.225 e. The van der Waals surface area contributed by atoms with Gasteiger partial charge in [-0.15, -0.1) is 0 Å². The van der Waals surface area contributed by atoms with Crippen LogP contribution in [0.5, 0.6) is 0 Å². The molecule has 4 heteroatoms. The van der Waals surface area contributed by atoms with Gasteiger partial charge in [0.1, 0.15) is 5.82 Å². The molecule has 0 bridgehead atoms. The van der Waals surface area contributed by atoms with E-state index in [1.165, 1.54) is 22.3 Å². The summed E-state index contributed by atoms with van der Waals surface area (Å²) in [6, 6.07) is 16.6. The number of nitrogens with zero attached hydrogens (tertiary/aromatic N) is 2. The molecule has 2 aromatic carbocycles. The van der Waals surface area contributed by atoms with Gasteiger partial charge in [0, 0.05) is 24.0 Å². The van der Waals surface area contributed by atoms with E-state index in [1.807, 2.05) is 19.1 Å². The standard InChI is InChI=1S/C21H24N4/c1-14-9-10-16(3)19(11-14)24-20-12-17(4)23-21(25-20)22-13-18-8-6-5-7-15(18)2/h5-12H,13H2,1-4H3,(H2,22,23,24,25). The molecular formula is C21H24N4. The van der Waals surface area contributed by atoms with E-state index in [0.29, 0.717) is 12.5 Å². The van der Waals surface area contributed by atoms with E-state index >= 15 is 0 Å². The molecule has 2 N–H and O–H groups in total. The van der Waals surface area contributed by atoms with Crippen LogP contribution in [-0.4, -0.2) is 9.97 Å². The number of aromatic nitrogens is 2. The summed E-state index contributed by atoms with van der Waals surface area (Å²) in [5, 5.41) is 6.75. The maximum atomic E-state index is 4.61. The summed E-state index contributed by atoms with van der Waals surface area (Å²) in [6.07, 6.45) is 0. The van der Waals surface area contributed by atoms with E-state index in [0.717, 1.165) is 17.2 Å². The Hall–Kier alpha value is -2.88. The van der Waals surface area contributed by atoms with Crippen LogP contribution in [0.2, 0.25) is 0 Å². The number of anilines is 3. The topological polar surface area (TPSA) is 49.8 Å². The van der Waals surface area contributed by atoms with Crippen LogP contribution in [0.25, 0.3) is 0 Å². The van der Waals surface area contributed by atoms with E-state index in [2.05, 4.69) is 77.8 Å². The quantitative estimate of drug-likeness (QED) is 0.685. The van der Waals surface area contributed by atoms with Gasteiger partial charge in [0.05, 0.1) is 0 Å². The minimum absolute atomic E-state index is 0.635. The molecule has 3 aromatic rings. The van der Waals surface area contributed by atoms with Crippen molar-refractivity contribution in [2.24, 2.45) is 0 Å². The van der Waals surface area contributed by atoms with Gasteiger partial charge >= 0.3 is 0 Å². The SMILES string of the molecule is Cc1ccc(C)c(Nc2cc(C)nc(NCc3ccccc3C)n2)c1. The first-order chi connectivity index (χ1) is 12.0. The van der Waals surface area contributed by atoms with Gasteiger partial charge in [-0.2, -0.15) is 4.98 Å². The van der Waals surface area contributed by atoms with Crippen molar-refractivity contribution in [2.45, 2.75) is 34.2 Å². The Balaban J connectivity index is 1.78. The van der Waals surface area contributed by atoms with Crippen molar-refractivity contribution in [3.05, 3.63) is 76.5 Å². The van der Waals surface area contributed by atoms with Crippen molar-refractivity contribution in [1.29, 1.82) is 0 Å². The molecule has 0 spiro atoms. The Morgan fingerprint density at radius 2 is 1.64 bits per heavy atom.